The molecule has 11 atom stereocenters. The van der Waals surface area contributed by atoms with Crippen molar-refractivity contribution >= 4 is 38.6 Å². The van der Waals surface area contributed by atoms with Gasteiger partial charge in [0.1, 0.15) is 59.6 Å². The van der Waals surface area contributed by atoms with Crippen LogP contribution in [0.1, 0.15) is 35.9 Å². The van der Waals surface area contributed by atoms with Crippen LogP contribution in [0.5, 0.6) is 17.2 Å². The number of ether oxygens (including phenoxy) is 1. The summed E-state index contributed by atoms with van der Waals surface area (Å²) in [4.78, 5) is 42.8. The second kappa shape index (κ2) is 17.5. The first-order valence-corrected chi connectivity index (χ1v) is 23.1. The Kier molecular flexibility index (Phi) is 11.8. The van der Waals surface area contributed by atoms with Crippen LogP contribution in [-0.2, 0) is 33.8 Å². The van der Waals surface area contributed by atoms with Crippen molar-refractivity contribution in [2.24, 2.45) is 23.7 Å². The molecule has 17 heteroatoms. The summed E-state index contributed by atoms with van der Waals surface area (Å²) >= 11 is 0. The van der Waals surface area contributed by atoms with Gasteiger partial charge in [0.2, 0.25) is 5.91 Å². The van der Waals surface area contributed by atoms with Crippen molar-refractivity contribution in [1.82, 2.24) is 20.2 Å². The molecule has 1 spiro atoms. The lowest BCUT2D eigenvalue weighted by atomic mass is 9.56. The van der Waals surface area contributed by atoms with Crippen LogP contribution in [0.4, 0.5) is 0 Å². The van der Waals surface area contributed by atoms with Gasteiger partial charge in [0.05, 0.1) is 17.5 Å². The van der Waals surface area contributed by atoms with Crippen molar-refractivity contribution in [2.75, 3.05) is 26.8 Å². The van der Waals surface area contributed by atoms with E-state index < -0.39 is 67.1 Å². The van der Waals surface area contributed by atoms with E-state index in [1.165, 1.54) is 36.4 Å². The number of likely N-dealkylation sites (N-methyl/N-ethyl adjacent to an activating group) is 1. The standard InChI is InChI=1S/C51H56N4O13/c1-4-39-32-13-14-53-38(32)22-55(39)45-47-27(16-34-41(59)15-25(2)66-48(34)45)17-43(51(67-47)35-10-11-37(52-3)36(51)9-8-30(35)28-18-44(61)54-21-28)68-65-24-50(64,49(63)46(62)42(60)23-56)20-26-5-12-40(58)31-7-6-29(57)19-33(26)31/h5-16,19,22,28,30,35-37,42-43,46,49,52-53,56-58,60,62-64H,4,17-18,20-21,23-24H2,1-3H3,(H,54,61). The predicted octanol–water partition coefficient (Wildman–Crippen LogP) is 3.25. The highest BCUT2D eigenvalue weighted by molar-refractivity contribution is 5.93. The highest BCUT2D eigenvalue weighted by atomic mass is 17.2. The Labute approximate surface area is 389 Å². The lowest BCUT2D eigenvalue weighted by Crippen LogP contribution is -2.69. The maximum absolute atomic E-state index is 14.0. The van der Waals surface area contributed by atoms with Crippen LogP contribution in [0.15, 0.2) is 94.4 Å². The molecule has 1 saturated heterocycles. The quantitative estimate of drug-likeness (QED) is 0.0428. The summed E-state index contributed by atoms with van der Waals surface area (Å²) in [5.41, 5.74) is -0.405. The van der Waals surface area contributed by atoms with Crippen molar-refractivity contribution < 1.29 is 59.5 Å². The number of aromatic hydroxyl groups is 2. The number of phenols is 2. The molecule has 1 amide bonds. The number of phenolic OH excluding ortho intramolecular Hbond substituents is 2. The Morgan fingerprint density at radius 2 is 1.78 bits per heavy atom. The van der Waals surface area contributed by atoms with Crippen LogP contribution in [0, 0.1) is 30.6 Å². The van der Waals surface area contributed by atoms with Crippen molar-refractivity contribution in [2.45, 2.75) is 81.2 Å². The fraction of sp³-hybridized carbons (Fsp3) is 0.412. The summed E-state index contributed by atoms with van der Waals surface area (Å²) in [6.07, 6.45) is 5.74. The van der Waals surface area contributed by atoms with E-state index in [1.54, 1.807) is 13.0 Å². The lowest BCUT2D eigenvalue weighted by Gasteiger charge is -2.58. The molecule has 17 nitrogen and oxygen atoms in total. The molecule has 0 radical (unpaired) electrons. The molecule has 2 aliphatic heterocycles. The van der Waals surface area contributed by atoms with Crippen LogP contribution in [0.25, 0.3) is 38.3 Å². The lowest BCUT2D eigenvalue weighted by molar-refractivity contribution is -0.380. The van der Waals surface area contributed by atoms with E-state index in [0.29, 0.717) is 69.5 Å². The van der Waals surface area contributed by atoms with Gasteiger partial charge in [-0.1, -0.05) is 37.3 Å². The van der Waals surface area contributed by atoms with Crippen molar-refractivity contribution in [3.8, 4) is 22.9 Å². The second-order valence-corrected chi connectivity index (χ2v) is 18.8. The van der Waals surface area contributed by atoms with E-state index in [-0.39, 0.29) is 47.1 Å². The summed E-state index contributed by atoms with van der Waals surface area (Å²) < 4.78 is 16.2. The van der Waals surface area contributed by atoms with Gasteiger partial charge in [0.25, 0.3) is 0 Å². The molecule has 10 rings (SSSR count). The van der Waals surface area contributed by atoms with Crippen LogP contribution >= 0.6 is 0 Å². The van der Waals surface area contributed by atoms with E-state index in [9.17, 15) is 45.3 Å². The Hall–Kier alpha value is -6.02. The third-order valence-electron chi connectivity index (χ3n) is 14.9. The highest BCUT2D eigenvalue weighted by Gasteiger charge is 2.63. The SMILES string of the molecule is CCc1c2cc[nH]c2cn1-c1c2c(cc3c(=O)cc(C)oc13)CC(OOCC(O)(Cc1ccc(O)c3ccc(O)cc13)C(O)C(O)C(O)CO)C1(O2)C2C=CC(C3CNC(=O)C3)C1C=CC2NC. The third kappa shape index (κ3) is 7.39. The van der Waals surface area contributed by atoms with Crippen LogP contribution in [0.2, 0.25) is 0 Å². The minimum atomic E-state index is -2.45. The van der Waals surface area contributed by atoms with E-state index in [1.807, 2.05) is 30.1 Å². The van der Waals surface area contributed by atoms with Gasteiger partial charge in [-0.15, -0.1) is 0 Å². The fourth-order valence-corrected chi connectivity index (χ4v) is 11.5. The van der Waals surface area contributed by atoms with Gasteiger partial charge < -0.3 is 65.1 Å². The smallest absolute Gasteiger partial charge is 0.220 e. The van der Waals surface area contributed by atoms with Crippen LogP contribution in [-0.4, -0.2) is 120 Å². The number of aryl methyl sites for hydroxylation is 2. The largest absolute Gasteiger partial charge is 0.508 e. The number of nitrogens with one attached hydrogen (secondary N) is 3. The van der Waals surface area contributed by atoms with Gasteiger partial charge >= 0.3 is 0 Å². The first-order chi connectivity index (χ1) is 32.7. The van der Waals surface area contributed by atoms with Crippen LogP contribution < -0.4 is 20.8 Å². The molecule has 3 aromatic heterocycles. The molecule has 358 valence electrons. The Bertz CT molecular complexity index is 3050. The maximum atomic E-state index is 14.0. The third-order valence-corrected chi connectivity index (χ3v) is 14.9. The van der Waals surface area contributed by atoms with Gasteiger partial charge in [0.15, 0.2) is 22.4 Å². The predicted molar refractivity (Wildman–Crippen MR) is 249 cm³/mol. The number of H-pyrrole nitrogens is 1. The number of hydrogen-bond acceptors (Lipinski definition) is 14. The number of rotatable bonds is 14. The van der Waals surface area contributed by atoms with Gasteiger partial charge in [-0.2, -0.15) is 0 Å². The number of amides is 1. The van der Waals surface area contributed by atoms with Crippen LogP contribution in [0.3, 0.4) is 0 Å². The number of benzene rings is 3. The molecule has 1 fully saturated rings. The Morgan fingerprint density at radius 3 is 2.53 bits per heavy atom. The zero-order valence-electron chi connectivity index (χ0n) is 37.8. The topological polar surface area (TPSA) is 261 Å². The maximum Gasteiger partial charge on any atom is 0.220 e. The number of carbonyl (C=O) groups is 1. The average Bonchev–Trinajstić information content (AvgIpc) is 4.05. The summed E-state index contributed by atoms with van der Waals surface area (Å²) in [5, 5.41) is 85.1. The van der Waals surface area contributed by atoms with Gasteiger partial charge in [0, 0.05) is 84.2 Å². The van der Waals surface area contributed by atoms with Gasteiger partial charge in [-0.25, -0.2) is 9.78 Å². The van der Waals surface area contributed by atoms with Gasteiger partial charge in [-0.3, -0.25) is 9.59 Å². The number of aliphatic hydroxyl groups is 5. The average molecular weight is 933 g/mol. The first-order valence-electron chi connectivity index (χ1n) is 23.1. The van der Waals surface area contributed by atoms with E-state index in [4.69, 9.17) is 18.9 Å². The first kappa shape index (κ1) is 45.7. The molecule has 3 aromatic carbocycles. The highest BCUT2D eigenvalue weighted by Crippen LogP contribution is 2.56. The van der Waals surface area contributed by atoms with E-state index in [2.05, 4.69) is 46.8 Å². The monoisotopic (exact) mass is 932 g/mol. The number of carbonyl (C=O) groups excluding carboxylic acids is 1. The molecule has 68 heavy (non-hydrogen) atoms. The number of aromatic nitrogens is 2. The number of fused-ring (bicyclic) bond motifs is 4. The number of nitrogens with zero attached hydrogens (tertiary/aromatic N) is 1. The minimum Gasteiger partial charge on any atom is -0.508 e. The molecule has 6 aromatic rings. The van der Waals surface area contributed by atoms with E-state index in [0.717, 1.165) is 16.6 Å². The molecule has 11 unspecified atom stereocenters. The molecule has 2 aliphatic carbocycles. The summed E-state index contributed by atoms with van der Waals surface area (Å²) in [6.45, 7) is 2.47. The van der Waals surface area contributed by atoms with Crippen molar-refractivity contribution in [3.63, 3.8) is 0 Å². The summed E-state index contributed by atoms with van der Waals surface area (Å²) in [5.74, 6) is -0.652. The van der Waals surface area contributed by atoms with E-state index >= 15 is 0 Å². The molecular formula is C51H56N4O13. The number of aliphatic hydroxyl groups excluding tert-OH is 4. The zero-order chi connectivity index (χ0) is 47.8. The summed E-state index contributed by atoms with van der Waals surface area (Å²) in [6, 6.07) is 12.0. The Morgan fingerprint density at radius 1 is 0.971 bits per heavy atom. The zero-order valence-corrected chi connectivity index (χ0v) is 37.8. The minimum absolute atomic E-state index is 0.0592. The number of aromatic amines is 1. The molecule has 5 heterocycles. The van der Waals surface area contributed by atoms with Crippen molar-refractivity contribution in [1.29, 1.82) is 0 Å². The summed E-state index contributed by atoms with van der Waals surface area (Å²) in [7, 11) is 1.85. The number of allylic oxidation sites excluding steroid dienone is 1. The normalized spacial score (nSPS) is 26.5. The van der Waals surface area contributed by atoms with Gasteiger partial charge in [-0.05, 0) is 79.6 Å². The Balaban J connectivity index is 1.12. The molecule has 10 N–H and O–H groups in total. The molecule has 2 bridgehead atoms. The molecular weight excluding hydrogens is 877 g/mol. The fourth-order valence-electron chi connectivity index (χ4n) is 11.5. The second-order valence-electron chi connectivity index (χ2n) is 18.8. The number of hydrogen-bond donors (Lipinski definition) is 10. The van der Waals surface area contributed by atoms with Crippen molar-refractivity contribution in [3.05, 3.63) is 118 Å². The molecule has 0 saturated carbocycles. The molecule has 4 aliphatic rings.